The van der Waals surface area contributed by atoms with Crippen LogP contribution in [0.2, 0.25) is 0 Å². The molecule has 0 aliphatic heterocycles. The van der Waals surface area contributed by atoms with Crippen molar-refractivity contribution in [2.45, 2.75) is 57.9 Å². The normalized spacial score (nSPS) is 11.9. The van der Waals surface area contributed by atoms with E-state index in [9.17, 15) is 14.4 Å². The zero-order valence-corrected chi connectivity index (χ0v) is 13.4. The van der Waals surface area contributed by atoms with Crippen molar-refractivity contribution in [1.82, 2.24) is 5.32 Å². The second-order valence-corrected chi connectivity index (χ2v) is 6.02. The van der Waals surface area contributed by atoms with Crippen LogP contribution in [0.4, 0.5) is 0 Å². The van der Waals surface area contributed by atoms with E-state index >= 15 is 0 Å². The summed E-state index contributed by atoms with van der Waals surface area (Å²) in [4.78, 5) is 33.4. The number of nitrogens with two attached hydrogens (primary N) is 1. The molecule has 0 radical (unpaired) electrons. The van der Waals surface area contributed by atoms with Gasteiger partial charge in [-0.1, -0.05) is 18.7 Å². The molecule has 0 aliphatic carbocycles. The maximum atomic E-state index is 11.5. The Balaban J connectivity index is 3.46. The molecule has 0 saturated carbocycles. The standard InChI is InChI=1S/C14H26N2O4S/c1-2-10-21-13(18)8-5-7-12(17)16-9-4-3-6-11(15)14(19)20/h11H,2-10,15H2,1H3,(H,16,17)(H,19,20)/t11-/m0/s1. The number of hydrogen-bond donors (Lipinski definition) is 3. The van der Waals surface area contributed by atoms with Crippen molar-refractivity contribution in [1.29, 1.82) is 0 Å². The molecular weight excluding hydrogens is 292 g/mol. The van der Waals surface area contributed by atoms with Crippen molar-refractivity contribution >= 4 is 28.8 Å². The van der Waals surface area contributed by atoms with E-state index in [4.69, 9.17) is 10.8 Å². The Morgan fingerprint density at radius 2 is 1.90 bits per heavy atom. The predicted octanol–water partition coefficient (Wildman–Crippen LogP) is 1.52. The van der Waals surface area contributed by atoms with Gasteiger partial charge in [-0.2, -0.15) is 0 Å². The molecule has 0 rings (SSSR count). The number of thioether (sulfide) groups is 1. The fraction of sp³-hybridized carbons (Fsp3) is 0.786. The van der Waals surface area contributed by atoms with E-state index in [1.165, 1.54) is 11.8 Å². The number of carboxylic acids is 1. The molecule has 122 valence electrons. The molecule has 0 unspecified atom stereocenters. The average molecular weight is 318 g/mol. The summed E-state index contributed by atoms with van der Waals surface area (Å²) in [6, 6.07) is -0.827. The Hall–Kier alpha value is -1.08. The second-order valence-electron chi connectivity index (χ2n) is 4.86. The number of rotatable bonds is 12. The highest BCUT2D eigenvalue weighted by Gasteiger charge is 2.10. The van der Waals surface area contributed by atoms with Crippen molar-refractivity contribution in [3.05, 3.63) is 0 Å². The van der Waals surface area contributed by atoms with Gasteiger partial charge in [-0.25, -0.2) is 0 Å². The molecule has 0 aromatic rings. The lowest BCUT2D eigenvalue weighted by Gasteiger charge is -2.07. The fourth-order valence-corrected chi connectivity index (χ4v) is 2.33. The molecular formula is C14H26N2O4S. The first-order valence-corrected chi connectivity index (χ1v) is 8.36. The summed E-state index contributed by atoms with van der Waals surface area (Å²) in [7, 11) is 0. The third kappa shape index (κ3) is 12.4. The summed E-state index contributed by atoms with van der Waals surface area (Å²) in [5.74, 6) is -0.223. The summed E-state index contributed by atoms with van der Waals surface area (Å²) in [5.41, 5.74) is 5.37. The van der Waals surface area contributed by atoms with Crippen molar-refractivity contribution in [3.63, 3.8) is 0 Å². The van der Waals surface area contributed by atoms with Gasteiger partial charge in [0.25, 0.3) is 0 Å². The summed E-state index contributed by atoms with van der Waals surface area (Å²) >= 11 is 1.33. The van der Waals surface area contributed by atoms with Crippen LogP contribution in [0.5, 0.6) is 0 Å². The Kier molecular flexibility index (Phi) is 12.0. The van der Waals surface area contributed by atoms with Gasteiger partial charge in [0.05, 0.1) is 0 Å². The zero-order valence-electron chi connectivity index (χ0n) is 12.6. The maximum absolute atomic E-state index is 11.5. The van der Waals surface area contributed by atoms with Gasteiger partial charge in [0.2, 0.25) is 5.91 Å². The van der Waals surface area contributed by atoms with Crippen LogP contribution in [0.1, 0.15) is 51.9 Å². The van der Waals surface area contributed by atoms with Crippen LogP contribution in [0.15, 0.2) is 0 Å². The molecule has 0 aliphatic rings. The highest BCUT2D eigenvalue weighted by atomic mass is 32.2. The Labute approximate surface area is 130 Å². The highest BCUT2D eigenvalue weighted by molar-refractivity contribution is 8.13. The number of aliphatic carboxylic acids is 1. The van der Waals surface area contributed by atoms with Gasteiger partial charge in [-0.3, -0.25) is 14.4 Å². The lowest BCUT2D eigenvalue weighted by atomic mass is 10.1. The Bertz CT molecular complexity index is 337. The quantitative estimate of drug-likeness (QED) is 0.471. The molecule has 0 saturated heterocycles. The molecule has 0 aromatic heterocycles. The summed E-state index contributed by atoms with van der Waals surface area (Å²) in [6.07, 6.45) is 4.12. The molecule has 0 spiro atoms. The van der Waals surface area contributed by atoms with E-state index in [-0.39, 0.29) is 11.0 Å². The summed E-state index contributed by atoms with van der Waals surface area (Å²) in [5, 5.41) is 11.5. The molecule has 21 heavy (non-hydrogen) atoms. The first kappa shape index (κ1) is 19.9. The second kappa shape index (κ2) is 12.6. The smallest absolute Gasteiger partial charge is 0.320 e. The summed E-state index contributed by atoms with van der Waals surface area (Å²) in [6.45, 7) is 2.54. The molecule has 0 heterocycles. The molecule has 1 amide bonds. The summed E-state index contributed by atoms with van der Waals surface area (Å²) < 4.78 is 0. The number of unbranched alkanes of at least 4 members (excludes halogenated alkanes) is 1. The van der Waals surface area contributed by atoms with Crippen LogP contribution in [0.25, 0.3) is 0 Å². The van der Waals surface area contributed by atoms with Crippen LogP contribution in [0.3, 0.4) is 0 Å². The number of hydrogen-bond acceptors (Lipinski definition) is 5. The van der Waals surface area contributed by atoms with Gasteiger partial charge >= 0.3 is 5.97 Å². The minimum atomic E-state index is -0.996. The first-order valence-electron chi connectivity index (χ1n) is 7.38. The molecule has 6 nitrogen and oxygen atoms in total. The van der Waals surface area contributed by atoms with Gasteiger partial charge in [-0.15, -0.1) is 0 Å². The molecule has 4 N–H and O–H groups in total. The number of amides is 1. The van der Waals surface area contributed by atoms with Gasteiger partial charge in [-0.05, 0) is 32.1 Å². The zero-order chi connectivity index (χ0) is 16.1. The molecule has 0 fully saturated rings. The number of carbonyl (C=O) groups is 3. The van der Waals surface area contributed by atoms with E-state index in [2.05, 4.69) is 5.32 Å². The van der Waals surface area contributed by atoms with Crippen molar-refractivity contribution in [2.24, 2.45) is 5.73 Å². The number of nitrogens with one attached hydrogen (secondary N) is 1. The van der Waals surface area contributed by atoms with Crippen molar-refractivity contribution in [3.8, 4) is 0 Å². The molecule has 7 heteroatoms. The lowest BCUT2D eigenvalue weighted by Crippen LogP contribution is -2.30. The van der Waals surface area contributed by atoms with Crippen LogP contribution in [-0.4, -0.2) is 40.4 Å². The maximum Gasteiger partial charge on any atom is 0.320 e. The van der Waals surface area contributed by atoms with Gasteiger partial charge in [0.1, 0.15) is 6.04 Å². The molecule has 1 atom stereocenters. The van der Waals surface area contributed by atoms with Crippen LogP contribution < -0.4 is 11.1 Å². The monoisotopic (exact) mass is 318 g/mol. The van der Waals surface area contributed by atoms with Crippen LogP contribution in [0, 0.1) is 0 Å². The van der Waals surface area contributed by atoms with E-state index in [0.717, 1.165) is 12.2 Å². The predicted molar refractivity (Wildman–Crippen MR) is 84.1 cm³/mol. The van der Waals surface area contributed by atoms with Crippen molar-refractivity contribution in [2.75, 3.05) is 12.3 Å². The van der Waals surface area contributed by atoms with Gasteiger partial charge < -0.3 is 16.2 Å². The third-order valence-corrected chi connectivity index (χ3v) is 3.97. The van der Waals surface area contributed by atoms with Crippen molar-refractivity contribution < 1.29 is 19.5 Å². The van der Waals surface area contributed by atoms with Gasteiger partial charge in [0, 0.05) is 25.1 Å². The number of carbonyl (C=O) groups excluding carboxylic acids is 2. The molecule has 0 bridgehead atoms. The van der Waals surface area contributed by atoms with Crippen LogP contribution in [-0.2, 0) is 14.4 Å². The minimum Gasteiger partial charge on any atom is -0.480 e. The van der Waals surface area contributed by atoms with E-state index in [0.29, 0.717) is 45.1 Å². The topological polar surface area (TPSA) is 109 Å². The highest BCUT2D eigenvalue weighted by Crippen LogP contribution is 2.09. The average Bonchev–Trinajstić information content (AvgIpc) is 2.44. The van der Waals surface area contributed by atoms with E-state index < -0.39 is 12.0 Å². The largest absolute Gasteiger partial charge is 0.480 e. The van der Waals surface area contributed by atoms with E-state index in [1.807, 2.05) is 6.92 Å². The third-order valence-electron chi connectivity index (χ3n) is 2.83. The number of carboxylic acid groups (broad SMARTS) is 1. The Morgan fingerprint density at radius 3 is 2.52 bits per heavy atom. The van der Waals surface area contributed by atoms with Gasteiger partial charge in [0.15, 0.2) is 5.12 Å². The molecule has 0 aromatic carbocycles. The SMILES string of the molecule is CCCSC(=O)CCCC(=O)NCCCC[C@H](N)C(=O)O. The lowest BCUT2D eigenvalue weighted by molar-refractivity contribution is -0.138. The minimum absolute atomic E-state index is 0.0641. The van der Waals surface area contributed by atoms with Crippen LogP contribution >= 0.6 is 11.8 Å². The fourth-order valence-electron chi connectivity index (χ4n) is 1.61. The first-order chi connectivity index (χ1) is 9.97. The Morgan fingerprint density at radius 1 is 1.19 bits per heavy atom. The van der Waals surface area contributed by atoms with E-state index in [1.54, 1.807) is 0 Å².